The number of para-hydroxylation sites is 1. The maximum absolute atomic E-state index is 11.0. The van der Waals surface area contributed by atoms with Gasteiger partial charge in [-0.05, 0) is 24.3 Å². The van der Waals surface area contributed by atoms with Gasteiger partial charge in [-0.15, -0.1) is 0 Å². The molecule has 0 unspecified atom stereocenters. The lowest BCUT2D eigenvalue weighted by Gasteiger charge is -2.05. The van der Waals surface area contributed by atoms with Crippen LogP contribution >= 0.6 is 0 Å². The highest BCUT2D eigenvalue weighted by molar-refractivity contribution is 5.92. The van der Waals surface area contributed by atoms with Crippen molar-refractivity contribution < 1.29 is 9.32 Å². The third kappa shape index (κ3) is 2.74. The third-order valence-electron chi connectivity index (χ3n) is 2.87. The van der Waals surface area contributed by atoms with Crippen molar-refractivity contribution in [3.8, 4) is 22.8 Å². The van der Waals surface area contributed by atoms with Crippen LogP contribution in [0.3, 0.4) is 0 Å². The molecule has 0 bridgehead atoms. The monoisotopic (exact) mass is 280 g/mol. The van der Waals surface area contributed by atoms with E-state index >= 15 is 0 Å². The first-order valence-electron chi connectivity index (χ1n) is 6.29. The van der Waals surface area contributed by atoms with E-state index in [2.05, 4.69) is 15.5 Å². The molecule has 3 aromatic rings. The molecule has 0 atom stereocenters. The van der Waals surface area contributed by atoms with Crippen LogP contribution in [0.15, 0.2) is 59.1 Å². The molecule has 104 valence electrons. The van der Waals surface area contributed by atoms with Crippen LogP contribution in [0.2, 0.25) is 0 Å². The summed E-state index contributed by atoms with van der Waals surface area (Å²) in [5, 5.41) is 6.49. The fourth-order valence-corrected chi connectivity index (χ4v) is 1.95. The first-order valence-corrected chi connectivity index (χ1v) is 6.29. The van der Waals surface area contributed by atoms with Gasteiger partial charge < -0.3 is 15.6 Å². The van der Waals surface area contributed by atoms with Gasteiger partial charge in [-0.25, -0.2) is 4.79 Å². The molecule has 1 heterocycles. The van der Waals surface area contributed by atoms with Crippen LogP contribution in [-0.4, -0.2) is 16.2 Å². The molecular weight excluding hydrogens is 268 g/mol. The van der Waals surface area contributed by atoms with Crippen molar-refractivity contribution in [3.05, 3.63) is 54.6 Å². The van der Waals surface area contributed by atoms with Gasteiger partial charge in [-0.1, -0.05) is 35.5 Å². The van der Waals surface area contributed by atoms with Crippen LogP contribution in [0.4, 0.5) is 10.5 Å². The van der Waals surface area contributed by atoms with Crippen LogP contribution in [0, 0.1) is 0 Å². The smallest absolute Gasteiger partial charge is 0.316 e. The Morgan fingerprint density at radius 3 is 2.52 bits per heavy atom. The summed E-state index contributed by atoms with van der Waals surface area (Å²) in [7, 11) is 0. The van der Waals surface area contributed by atoms with E-state index in [0.29, 0.717) is 23.0 Å². The standard InChI is InChI=1S/C15H12N4O2/c16-15(20)17-12-9-5-4-8-11(12)13-18-14(21-19-13)10-6-2-1-3-7-10/h1-9H,(H3,16,17,20). The van der Waals surface area contributed by atoms with Gasteiger partial charge in [-0.2, -0.15) is 4.98 Å². The number of hydrogen-bond acceptors (Lipinski definition) is 4. The molecule has 21 heavy (non-hydrogen) atoms. The van der Waals surface area contributed by atoms with Gasteiger partial charge in [0.2, 0.25) is 5.82 Å². The second kappa shape index (κ2) is 5.46. The Hall–Kier alpha value is -3.15. The summed E-state index contributed by atoms with van der Waals surface area (Å²) in [6.07, 6.45) is 0. The average Bonchev–Trinajstić information content (AvgIpc) is 2.98. The maximum Gasteiger partial charge on any atom is 0.316 e. The number of hydrogen-bond donors (Lipinski definition) is 2. The van der Waals surface area contributed by atoms with Crippen LogP contribution in [-0.2, 0) is 0 Å². The van der Waals surface area contributed by atoms with Gasteiger partial charge in [0.1, 0.15) is 0 Å². The van der Waals surface area contributed by atoms with Gasteiger partial charge in [0.05, 0.1) is 5.69 Å². The molecule has 0 saturated heterocycles. The Labute approximate surface area is 120 Å². The molecule has 2 amide bonds. The number of carbonyl (C=O) groups is 1. The van der Waals surface area contributed by atoms with E-state index in [1.165, 1.54) is 0 Å². The van der Waals surface area contributed by atoms with E-state index in [4.69, 9.17) is 10.3 Å². The van der Waals surface area contributed by atoms with E-state index in [9.17, 15) is 4.79 Å². The second-order valence-corrected chi connectivity index (χ2v) is 4.32. The van der Waals surface area contributed by atoms with Gasteiger partial charge in [0, 0.05) is 11.1 Å². The molecule has 0 aliphatic carbocycles. The Bertz CT molecular complexity index is 768. The number of urea groups is 1. The number of nitrogens with one attached hydrogen (secondary N) is 1. The average molecular weight is 280 g/mol. The molecule has 6 nitrogen and oxygen atoms in total. The zero-order chi connectivity index (χ0) is 14.7. The summed E-state index contributed by atoms with van der Waals surface area (Å²) < 4.78 is 5.26. The first kappa shape index (κ1) is 12.9. The molecule has 3 rings (SSSR count). The largest absolute Gasteiger partial charge is 0.351 e. The highest BCUT2D eigenvalue weighted by atomic mass is 16.5. The molecule has 0 spiro atoms. The maximum atomic E-state index is 11.0. The molecule has 6 heteroatoms. The predicted molar refractivity (Wildman–Crippen MR) is 78.4 cm³/mol. The first-order chi connectivity index (χ1) is 10.2. The number of benzene rings is 2. The van der Waals surface area contributed by atoms with Gasteiger partial charge in [-0.3, -0.25) is 0 Å². The lowest BCUT2D eigenvalue weighted by Crippen LogP contribution is -2.19. The zero-order valence-electron chi connectivity index (χ0n) is 11.0. The minimum atomic E-state index is -0.644. The highest BCUT2D eigenvalue weighted by Gasteiger charge is 2.14. The minimum absolute atomic E-state index is 0.387. The number of nitrogens with two attached hydrogens (primary N) is 1. The van der Waals surface area contributed by atoms with Crippen molar-refractivity contribution in [3.63, 3.8) is 0 Å². The SMILES string of the molecule is NC(=O)Nc1ccccc1-c1noc(-c2ccccc2)n1. The van der Waals surface area contributed by atoms with Crippen molar-refractivity contribution in [1.29, 1.82) is 0 Å². The summed E-state index contributed by atoms with van der Waals surface area (Å²) in [6, 6.07) is 15.9. The molecule has 2 aromatic carbocycles. The Morgan fingerprint density at radius 1 is 1.05 bits per heavy atom. The summed E-state index contributed by atoms with van der Waals surface area (Å²) in [5.41, 5.74) is 7.16. The summed E-state index contributed by atoms with van der Waals surface area (Å²) in [6.45, 7) is 0. The predicted octanol–water partition coefficient (Wildman–Crippen LogP) is 2.89. The van der Waals surface area contributed by atoms with E-state index in [0.717, 1.165) is 5.56 Å². The zero-order valence-corrected chi connectivity index (χ0v) is 11.0. The summed E-state index contributed by atoms with van der Waals surface area (Å²) >= 11 is 0. The molecule has 0 saturated carbocycles. The third-order valence-corrected chi connectivity index (χ3v) is 2.87. The second-order valence-electron chi connectivity index (χ2n) is 4.32. The van der Waals surface area contributed by atoms with E-state index in [1.54, 1.807) is 18.2 Å². The van der Waals surface area contributed by atoms with Gasteiger partial charge >= 0.3 is 6.03 Å². The van der Waals surface area contributed by atoms with Crippen molar-refractivity contribution in [2.45, 2.75) is 0 Å². The van der Waals surface area contributed by atoms with Gasteiger partial charge in [0.25, 0.3) is 5.89 Å². The van der Waals surface area contributed by atoms with Crippen LogP contribution in [0.25, 0.3) is 22.8 Å². The quantitative estimate of drug-likeness (QED) is 0.771. The lowest BCUT2D eigenvalue weighted by molar-refractivity contribution is 0.259. The molecule has 0 radical (unpaired) electrons. The number of aromatic nitrogens is 2. The molecule has 3 N–H and O–H groups in total. The number of carbonyl (C=O) groups excluding carboxylic acids is 1. The lowest BCUT2D eigenvalue weighted by atomic mass is 10.1. The number of rotatable bonds is 3. The normalized spacial score (nSPS) is 10.3. The number of amides is 2. The van der Waals surface area contributed by atoms with Crippen molar-refractivity contribution in [2.24, 2.45) is 5.73 Å². The molecule has 0 aliphatic rings. The van der Waals surface area contributed by atoms with Crippen LogP contribution in [0.5, 0.6) is 0 Å². The fraction of sp³-hybridized carbons (Fsp3) is 0. The Balaban J connectivity index is 1.99. The number of primary amides is 1. The van der Waals surface area contributed by atoms with E-state index in [-0.39, 0.29) is 0 Å². The Morgan fingerprint density at radius 2 is 1.76 bits per heavy atom. The minimum Gasteiger partial charge on any atom is -0.351 e. The topological polar surface area (TPSA) is 94.0 Å². The molecular formula is C15H12N4O2. The van der Waals surface area contributed by atoms with Crippen molar-refractivity contribution >= 4 is 11.7 Å². The van der Waals surface area contributed by atoms with Crippen LogP contribution < -0.4 is 11.1 Å². The van der Waals surface area contributed by atoms with E-state index in [1.807, 2.05) is 36.4 Å². The Kier molecular flexibility index (Phi) is 3.34. The van der Waals surface area contributed by atoms with Crippen molar-refractivity contribution in [2.75, 3.05) is 5.32 Å². The highest BCUT2D eigenvalue weighted by Crippen LogP contribution is 2.27. The fourth-order valence-electron chi connectivity index (χ4n) is 1.95. The van der Waals surface area contributed by atoms with Crippen molar-refractivity contribution in [1.82, 2.24) is 10.1 Å². The van der Waals surface area contributed by atoms with E-state index < -0.39 is 6.03 Å². The molecule has 0 fully saturated rings. The molecule has 0 aliphatic heterocycles. The van der Waals surface area contributed by atoms with Gasteiger partial charge in [0.15, 0.2) is 0 Å². The van der Waals surface area contributed by atoms with Crippen LogP contribution in [0.1, 0.15) is 0 Å². The number of nitrogens with zero attached hydrogens (tertiary/aromatic N) is 2. The summed E-state index contributed by atoms with van der Waals surface area (Å²) in [5.74, 6) is 0.803. The summed E-state index contributed by atoms with van der Waals surface area (Å²) in [4.78, 5) is 15.4. The number of anilines is 1. The molecule has 1 aromatic heterocycles.